The topological polar surface area (TPSA) is 159 Å². The van der Waals surface area contributed by atoms with Crippen molar-refractivity contribution in [2.24, 2.45) is 11.8 Å². The third-order valence-electron chi connectivity index (χ3n) is 7.22. The number of hydrogen-bond acceptors (Lipinski definition) is 8. The fourth-order valence-corrected chi connectivity index (χ4v) is 6.78. The van der Waals surface area contributed by atoms with Crippen LogP contribution >= 0.6 is 0 Å². The van der Waals surface area contributed by atoms with Crippen molar-refractivity contribution in [3.63, 3.8) is 0 Å². The van der Waals surface area contributed by atoms with Crippen molar-refractivity contribution in [3.8, 4) is 0 Å². The number of fused-ring (bicyclic) bond motifs is 1. The molecule has 0 aromatic heterocycles. The maximum atomic E-state index is 13.6. The van der Waals surface area contributed by atoms with Crippen LogP contribution in [-0.4, -0.2) is 91.3 Å². The number of carbonyl (C=O) groups is 1. The van der Waals surface area contributed by atoms with Gasteiger partial charge in [-0.1, -0.05) is 44.2 Å². The molecule has 0 aliphatic carbocycles. The number of carboxylic acid groups (broad SMARTS) is 1. The van der Waals surface area contributed by atoms with Gasteiger partial charge in [0.25, 0.3) is 0 Å². The molecule has 5 N–H and O–H groups in total. The van der Waals surface area contributed by atoms with E-state index in [0.29, 0.717) is 19.6 Å². The number of quaternary nitrogens is 1. The standard InChI is InChI=1S/C28H38N2O9S/c1-18(2)15-30(40(35,36)21-10-8-20(9-11-21)26(32)33)16-24(31)23(14-19-6-4-3-5-7-19)29-28(34)39-25-17-38-27-22(25)12-13-37-27/h3-11,18,22-25,27-29,31,34H,12-17H2,1-2H3,(H,32,33)/p+1/t22-,23-,24+,25-,27+,28-/m0/s1. The van der Waals surface area contributed by atoms with E-state index in [9.17, 15) is 28.5 Å². The van der Waals surface area contributed by atoms with Gasteiger partial charge in [0.2, 0.25) is 10.0 Å². The average Bonchev–Trinajstić information content (AvgIpc) is 3.53. The molecule has 0 bridgehead atoms. The predicted molar refractivity (Wildman–Crippen MR) is 144 cm³/mol. The van der Waals surface area contributed by atoms with Crippen LogP contribution in [-0.2, 0) is 30.7 Å². The van der Waals surface area contributed by atoms with Crippen LogP contribution in [0.2, 0.25) is 0 Å². The first-order chi connectivity index (χ1) is 19.0. The van der Waals surface area contributed by atoms with E-state index in [0.717, 1.165) is 12.0 Å². The molecule has 2 saturated heterocycles. The minimum Gasteiger partial charge on any atom is -0.478 e. The number of nitrogens with zero attached hydrogens (tertiary/aromatic N) is 1. The average molecular weight is 580 g/mol. The van der Waals surface area contributed by atoms with Gasteiger partial charge in [-0.2, -0.15) is 4.31 Å². The summed E-state index contributed by atoms with van der Waals surface area (Å²) in [6, 6.07) is 13.8. The van der Waals surface area contributed by atoms with Gasteiger partial charge in [0, 0.05) is 25.4 Å². The molecular weight excluding hydrogens is 540 g/mol. The number of benzene rings is 2. The zero-order chi connectivity index (χ0) is 28.9. The number of carboxylic acids is 1. The largest absolute Gasteiger partial charge is 0.478 e. The molecule has 2 aliphatic heterocycles. The number of sulfonamides is 1. The van der Waals surface area contributed by atoms with E-state index in [4.69, 9.17) is 14.2 Å². The molecule has 4 rings (SSSR count). The lowest BCUT2D eigenvalue weighted by Gasteiger charge is -2.30. The summed E-state index contributed by atoms with van der Waals surface area (Å²) in [5, 5.41) is 33.0. The second kappa shape index (κ2) is 13.5. The van der Waals surface area contributed by atoms with Crippen molar-refractivity contribution in [2.75, 3.05) is 26.3 Å². The molecule has 0 saturated carbocycles. The summed E-state index contributed by atoms with van der Waals surface area (Å²) in [5.41, 5.74) is 0.884. The maximum absolute atomic E-state index is 13.6. The summed E-state index contributed by atoms with van der Waals surface area (Å²) in [5.74, 6) is -1.17. The van der Waals surface area contributed by atoms with E-state index in [1.54, 1.807) is 0 Å². The Balaban J connectivity index is 1.51. The second-order valence-electron chi connectivity index (χ2n) is 10.7. The third kappa shape index (κ3) is 7.65. The summed E-state index contributed by atoms with van der Waals surface area (Å²) in [4.78, 5) is 11.2. The minimum absolute atomic E-state index is 0.0240. The highest BCUT2D eigenvalue weighted by Gasteiger charge is 2.44. The highest BCUT2D eigenvalue weighted by Crippen LogP contribution is 2.33. The molecule has 2 aromatic rings. The van der Waals surface area contributed by atoms with Crippen molar-refractivity contribution in [2.45, 2.75) is 62.5 Å². The molecule has 2 aliphatic rings. The SMILES string of the molecule is CC(C)CN(C[C@@H](O)[C@H](Cc1ccccc1)[NH2+][C@@H](O)O[C@H]1CO[C@H]2OCC[C@H]21)S(=O)(=O)c1ccc(C(=O)O)cc1. The number of aromatic carboxylic acids is 1. The van der Waals surface area contributed by atoms with Crippen LogP contribution in [0.4, 0.5) is 0 Å². The van der Waals surface area contributed by atoms with Crippen LogP contribution in [0.3, 0.4) is 0 Å². The van der Waals surface area contributed by atoms with Crippen LogP contribution < -0.4 is 5.32 Å². The summed E-state index contributed by atoms with van der Waals surface area (Å²) in [6.45, 7) is 4.53. The van der Waals surface area contributed by atoms with Gasteiger partial charge in [0.15, 0.2) is 6.29 Å². The highest BCUT2D eigenvalue weighted by molar-refractivity contribution is 7.89. The predicted octanol–water partition coefficient (Wildman–Crippen LogP) is 0.621. The van der Waals surface area contributed by atoms with Gasteiger partial charge in [-0.15, -0.1) is 0 Å². The first kappa shape index (κ1) is 30.5. The molecule has 2 aromatic carbocycles. The number of ether oxygens (including phenoxy) is 3. The second-order valence-corrected chi connectivity index (χ2v) is 12.7. The lowest BCUT2D eigenvalue weighted by Crippen LogP contribution is -2.98. The number of aliphatic hydroxyl groups excluding tert-OH is 2. The molecular formula is C28H39N2O9S+. The van der Waals surface area contributed by atoms with Crippen molar-refractivity contribution >= 4 is 16.0 Å². The fraction of sp³-hybridized carbons (Fsp3) is 0.536. The van der Waals surface area contributed by atoms with Crippen LogP contribution in [0.15, 0.2) is 59.5 Å². The molecule has 0 unspecified atom stereocenters. The van der Waals surface area contributed by atoms with Gasteiger partial charge in [0.05, 0.1) is 29.8 Å². The van der Waals surface area contributed by atoms with E-state index in [-0.39, 0.29) is 47.8 Å². The Labute approximate surface area is 234 Å². The van der Waals surface area contributed by atoms with E-state index < -0.39 is 34.6 Å². The Morgan fingerprint density at radius 3 is 2.42 bits per heavy atom. The molecule has 12 heteroatoms. The molecule has 0 spiro atoms. The van der Waals surface area contributed by atoms with Crippen molar-refractivity contribution < 1.29 is 48.1 Å². The van der Waals surface area contributed by atoms with Crippen LogP contribution in [0.5, 0.6) is 0 Å². The van der Waals surface area contributed by atoms with Crippen molar-refractivity contribution in [1.82, 2.24) is 4.31 Å². The van der Waals surface area contributed by atoms with E-state index >= 15 is 0 Å². The Morgan fingerprint density at radius 2 is 1.77 bits per heavy atom. The molecule has 2 fully saturated rings. The van der Waals surface area contributed by atoms with Crippen molar-refractivity contribution in [1.29, 1.82) is 0 Å². The van der Waals surface area contributed by atoms with Crippen LogP contribution in [0.1, 0.15) is 36.2 Å². The molecule has 220 valence electrons. The minimum atomic E-state index is -4.05. The lowest BCUT2D eigenvalue weighted by atomic mass is 10.0. The van der Waals surface area contributed by atoms with Gasteiger partial charge >= 0.3 is 12.4 Å². The number of rotatable bonds is 14. The zero-order valence-corrected chi connectivity index (χ0v) is 23.5. The summed E-state index contributed by atoms with van der Waals surface area (Å²) in [6.07, 6.45) is -2.04. The summed E-state index contributed by atoms with van der Waals surface area (Å²) in [7, 11) is -4.05. The van der Waals surface area contributed by atoms with Gasteiger partial charge in [-0.3, -0.25) is 10.1 Å². The third-order valence-corrected chi connectivity index (χ3v) is 9.06. The van der Waals surface area contributed by atoms with E-state index in [2.05, 4.69) is 0 Å². The quantitative estimate of drug-likeness (QED) is 0.235. The summed E-state index contributed by atoms with van der Waals surface area (Å²) < 4.78 is 45.4. The highest BCUT2D eigenvalue weighted by atomic mass is 32.2. The maximum Gasteiger partial charge on any atom is 0.335 e. The lowest BCUT2D eigenvalue weighted by molar-refractivity contribution is -0.797. The Bertz CT molecular complexity index is 1210. The number of aliphatic hydroxyl groups is 2. The number of hydrogen-bond donors (Lipinski definition) is 4. The van der Waals surface area contributed by atoms with Gasteiger partial charge < -0.3 is 24.8 Å². The molecule has 2 heterocycles. The number of nitrogens with two attached hydrogens (primary N) is 1. The van der Waals surface area contributed by atoms with E-state index in [1.807, 2.05) is 44.2 Å². The fourth-order valence-electron chi connectivity index (χ4n) is 5.16. The molecule has 11 nitrogen and oxygen atoms in total. The van der Waals surface area contributed by atoms with Gasteiger partial charge in [-0.25, -0.2) is 13.2 Å². The molecule has 40 heavy (non-hydrogen) atoms. The Kier molecular flexibility index (Phi) is 10.3. The smallest absolute Gasteiger partial charge is 0.335 e. The molecule has 0 radical (unpaired) electrons. The first-order valence-corrected chi connectivity index (χ1v) is 15.0. The normalized spacial score (nSPS) is 23.3. The van der Waals surface area contributed by atoms with Crippen molar-refractivity contribution in [3.05, 3.63) is 65.7 Å². The van der Waals surface area contributed by atoms with Crippen LogP contribution in [0.25, 0.3) is 0 Å². The first-order valence-electron chi connectivity index (χ1n) is 13.5. The van der Waals surface area contributed by atoms with Gasteiger partial charge in [0.1, 0.15) is 12.1 Å². The Morgan fingerprint density at radius 1 is 1.07 bits per heavy atom. The van der Waals surface area contributed by atoms with Gasteiger partial charge in [-0.05, 0) is 42.2 Å². The monoisotopic (exact) mass is 579 g/mol. The molecule has 0 amide bonds. The van der Waals surface area contributed by atoms with Crippen LogP contribution in [0, 0.1) is 11.8 Å². The summed E-state index contributed by atoms with van der Waals surface area (Å²) >= 11 is 0. The van der Waals surface area contributed by atoms with E-state index in [1.165, 1.54) is 33.9 Å². The Hall–Kier alpha value is -2.42. The molecule has 6 atom stereocenters. The zero-order valence-electron chi connectivity index (χ0n) is 22.7.